The second kappa shape index (κ2) is 8.69. The Morgan fingerprint density at radius 1 is 1.00 bits per heavy atom. The minimum atomic E-state index is -0.126. The Bertz CT molecular complexity index is 970. The Morgan fingerprint density at radius 2 is 1.76 bits per heavy atom. The van der Waals surface area contributed by atoms with Gasteiger partial charge in [-0.2, -0.15) is 0 Å². The molecule has 1 unspecified atom stereocenters. The van der Waals surface area contributed by atoms with Gasteiger partial charge in [-0.1, -0.05) is 42.5 Å². The Kier molecular flexibility index (Phi) is 5.66. The molecule has 4 rings (SSSR count). The second-order valence-electron chi connectivity index (χ2n) is 6.94. The number of benzene rings is 3. The molecule has 3 aromatic rings. The van der Waals surface area contributed by atoms with Crippen LogP contribution < -0.4 is 19.5 Å². The summed E-state index contributed by atoms with van der Waals surface area (Å²) in [6.07, 6.45) is 0.815. The summed E-state index contributed by atoms with van der Waals surface area (Å²) in [5.74, 6) is 2.14. The number of nitrogens with one attached hydrogen (secondary N) is 1. The van der Waals surface area contributed by atoms with Gasteiger partial charge in [0.05, 0.1) is 7.11 Å². The molecule has 0 radical (unpaired) electrons. The lowest BCUT2D eigenvalue weighted by molar-refractivity contribution is 0.0950. The van der Waals surface area contributed by atoms with E-state index in [0.717, 1.165) is 12.2 Å². The molecule has 0 aliphatic carbocycles. The molecule has 0 aromatic heterocycles. The maximum absolute atomic E-state index is 12.7. The first-order valence-electron chi connectivity index (χ1n) is 9.58. The molecular formula is C24H23NO4. The first kappa shape index (κ1) is 18.9. The standard InChI is InChI=1S/C24H23NO4/c1-27-21-10-7-17(8-11-21)13-20(18-5-3-2-4-6-18)15-25-24(26)19-9-12-22-23(14-19)29-16-28-22/h2-12,14,20H,13,15-16H2,1H3,(H,25,26). The smallest absolute Gasteiger partial charge is 0.251 e. The highest BCUT2D eigenvalue weighted by Gasteiger charge is 2.18. The topological polar surface area (TPSA) is 56.8 Å². The van der Waals surface area contributed by atoms with Gasteiger partial charge in [0, 0.05) is 18.0 Å². The molecule has 0 saturated carbocycles. The summed E-state index contributed by atoms with van der Waals surface area (Å²) < 4.78 is 15.9. The van der Waals surface area contributed by atoms with Crippen LogP contribution in [0.2, 0.25) is 0 Å². The average Bonchev–Trinajstić information content (AvgIpc) is 3.25. The molecule has 5 nitrogen and oxygen atoms in total. The number of carbonyl (C=O) groups is 1. The molecule has 3 aromatic carbocycles. The fraction of sp³-hybridized carbons (Fsp3) is 0.208. The summed E-state index contributed by atoms with van der Waals surface area (Å²) in [7, 11) is 1.66. The summed E-state index contributed by atoms with van der Waals surface area (Å²) in [6, 6.07) is 23.5. The largest absolute Gasteiger partial charge is 0.497 e. The van der Waals surface area contributed by atoms with Gasteiger partial charge in [-0.05, 0) is 47.9 Å². The quantitative estimate of drug-likeness (QED) is 0.659. The molecule has 1 atom stereocenters. The van der Waals surface area contributed by atoms with Crippen LogP contribution in [-0.4, -0.2) is 26.4 Å². The predicted octanol–water partition coefficient (Wildman–Crippen LogP) is 4.18. The van der Waals surface area contributed by atoms with Crippen molar-refractivity contribution in [1.82, 2.24) is 5.32 Å². The predicted molar refractivity (Wildman–Crippen MR) is 111 cm³/mol. The third-order valence-corrected chi connectivity index (χ3v) is 5.06. The molecule has 1 aliphatic rings. The maximum atomic E-state index is 12.7. The molecular weight excluding hydrogens is 366 g/mol. The zero-order chi connectivity index (χ0) is 20.1. The number of fused-ring (bicyclic) bond motifs is 1. The van der Waals surface area contributed by atoms with E-state index in [0.29, 0.717) is 23.6 Å². The van der Waals surface area contributed by atoms with E-state index in [-0.39, 0.29) is 18.6 Å². The van der Waals surface area contributed by atoms with Crippen LogP contribution in [-0.2, 0) is 6.42 Å². The van der Waals surface area contributed by atoms with Gasteiger partial charge in [0.15, 0.2) is 11.5 Å². The zero-order valence-electron chi connectivity index (χ0n) is 16.3. The Morgan fingerprint density at radius 3 is 2.52 bits per heavy atom. The number of amides is 1. The minimum absolute atomic E-state index is 0.126. The maximum Gasteiger partial charge on any atom is 0.251 e. The van der Waals surface area contributed by atoms with Crippen molar-refractivity contribution in [2.24, 2.45) is 0 Å². The van der Waals surface area contributed by atoms with Gasteiger partial charge < -0.3 is 19.5 Å². The van der Waals surface area contributed by atoms with Crippen molar-refractivity contribution in [3.05, 3.63) is 89.5 Å². The van der Waals surface area contributed by atoms with Crippen molar-refractivity contribution in [2.45, 2.75) is 12.3 Å². The van der Waals surface area contributed by atoms with Crippen LogP contribution in [0, 0.1) is 0 Å². The number of methoxy groups -OCH3 is 1. The van der Waals surface area contributed by atoms with E-state index in [9.17, 15) is 4.79 Å². The molecule has 1 heterocycles. The van der Waals surface area contributed by atoms with Crippen LogP contribution in [0.1, 0.15) is 27.4 Å². The van der Waals surface area contributed by atoms with Crippen LogP contribution in [0.5, 0.6) is 17.2 Å². The van der Waals surface area contributed by atoms with Gasteiger partial charge in [-0.25, -0.2) is 0 Å². The Balaban J connectivity index is 1.47. The summed E-state index contributed by atoms with van der Waals surface area (Å²) in [5.41, 5.74) is 2.94. The van der Waals surface area contributed by atoms with Gasteiger partial charge in [-0.15, -0.1) is 0 Å². The number of ether oxygens (including phenoxy) is 3. The van der Waals surface area contributed by atoms with Crippen molar-refractivity contribution in [2.75, 3.05) is 20.4 Å². The molecule has 5 heteroatoms. The van der Waals surface area contributed by atoms with Crippen LogP contribution >= 0.6 is 0 Å². The van der Waals surface area contributed by atoms with Crippen LogP contribution in [0.3, 0.4) is 0 Å². The minimum Gasteiger partial charge on any atom is -0.497 e. The summed E-state index contributed by atoms with van der Waals surface area (Å²) in [6.45, 7) is 0.724. The Labute approximate surface area is 170 Å². The van der Waals surface area contributed by atoms with E-state index < -0.39 is 0 Å². The summed E-state index contributed by atoms with van der Waals surface area (Å²) >= 11 is 0. The van der Waals surface area contributed by atoms with Crippen molar-refractivity contribution in [3.63, 3.8) is 0 Å². The molecule has 1 amide bonds. The van der Waals surface area contributed by atoms with Crippen LogP contribution in [0.25, 0.3) is 0 Å². The van der Waals surface area contributed by atoms with Crippen molar-refractivity contribution in [3.8, 4) is 17.2 Å². The molecule has 148 valence electrons. The molecule has 1 aliphatic heterocycles. The highest BCUT2D eigenvalue weighted by molar-refractivity contribution is 5.95. The average molecular weight is 389 g/mol. The summed E-state index contributed by atoms with van der Waals surface area (Å²) in [5, 5.41) is 3.07. The fourth-order valence-corrected chi connectivity index (χ4v) is 3.43. The van der Waals surface area contributed by atoms with E-state index in [1.807, 2.05) is 30.3 Å². The first-order chi connectivity index (χ1) is 14.2. The zero-order valence-corrected chi connectivity index (χ0v) is 16.3. The van der Waals surface area contributed by atoms with Gasteiger partial charge in [0.2, 0.25) is 6.79 Å². The monoisotopic (exact) mass is 389 g/mol. The molecule has 29 heavy (non-hydrogen) atoms. The third kappa shape index (κ3) is 4.51. The Hall–Kier alpha value is -3.47. The normalized spacial score (nSPS) is 13.0. The van der Waals surface area contributed by atoms with E-state index in [2.05, 4.69) is 29.6 Å². The van der Waals surface area contributed by atoms with E-state index in [1.54, 1.807) is 25.3 Å². The molecule has 1 N–H and O–H groups in total. The molecule has 0 saturated heterocycles. The van der Waals surface area contributed by atoms with E-state index in [1.165, 1.54) is 11.1 Å². The lowest BCUT2D eigenvalue weighted by Crippen LogP contribution is -2.29. The van der Waals surface area contributed by atoms with Crippen molar-refractivity contribution in [1.29, 1.82) is 0 Å². The summed E-state index contributed by atoms with van der Waals surface area (Å²) in [4.78, 5) is 12.7. The third-order valence-electron chi connectivity index (χ3n) is 5.06. The van der Waals surface area contributed by atoms with Crippen LogP contribution in [0.4, 0.5) is 0 Å². The number of hydrogen-bond acceptors (Lipinski definition) is 4. The highest BCUT2D eigenvalue weighted by Crippen LogP contribution is 2.32. The van der Waals surface area contributed by atoms with Gasteiger partial charge in [-0.3, -0.25) is 4.79 Å². The van der Waals surface area contributed by atoms with Crippen LogP contribution in [0.15, 0.2) is 72.8 Å². The molecule has 0 bridgehead atoms. The van der Waals surface area contributed by atoms with Gasteiger partial charge in [0.1, 0.15) is 5.75 Å². The SMILES string of the molecule is COc1ccc(CC(CNC(=O)c2ccc3c(c2)OCO3)c2ccccc2)cc1. The second-order valence-corrected chi connectivity index (χ2v) is 6.94. The first-order valence-corrected chi connectivity index (χ1v) is 9.58. The van der Waals surface area contributed by atoms with Gasteiger partial charge in [0.25, 0.3) is 5.91 Å². The fourth-order valence-electron chi connectivity index (χ4n) is 3.43. The lowest BCUT2D eigenvalue weighted by atomic mass is 9.91. The number of carbonyl (C=O) groups excluding carboxylic acids is 1. The van der Waals surface area contributed by atoms with Gasteiger partial charge >= 0.3 is 0 Å². The number of rotatable bonds is 7. The molecule has 0 fully saturated rings. The van der Waals surface area contributed by atoms with Crippen molar-refractivity contribution >= 4 is 5.91 Å². The van der Waals surface area contributed by atoms with E-state index in [4.69, 9.17) is 14.2 Å². The number of hydrogen-bond donors (Lipinski definition) is 1. The van der Waals surface area contributed by atoms with Crippen molar-refractivity contribution < 1.29 is 19.0 Å². The highest BCUT2D eigenvalue weighted by atomic mass is 16.7. The molecule has 0 spiro atoms. The lowest BCUT2D eigenvalue weighted by Gasteiger charge is -2.19. The van der Waals surface area contributed by atoms with E-state index >= 15 is 0 Å².